The number of ether oxygens (including phenoxy) is 3. The van der Waals surface area contributed by atoms with Gasteiger partial charge in [-0.05, 0) is 31.9 Å². The first kappa shape index (κ1) is 17.5. The minimum Gasteiger partial charge on any atom is -0.437 e. The number of morpholine rings is 1. The Hall–Kier alpha value is -1.96. The van der Waals surface area contributed by atoms with Crippen molar-refractivity contribution in [2.75, 3.05) is 26.3 Å². The number of hydrogen-bond acceptors (Lipinski definition) is 6. The van der Waals surface area contributed by atoms with E-state index < -0.39 is 0 Å². The number of aryl methyl sites for hydroxylation is 2. The zero-order valence-electron chi connectivity index (χ0n) is 15.4. The zero-order chi connectivity index (χ0) is 17.9. The predicted octanol–water partition coefficient (Wildman–Crippen LogP) is 2.30. The molecule has 7 nitrogen and oxygen atoms in total. The Kier molecular flexibility index (Phi) is 5.19. The van der Waals surface area contributed by atoms with Crippen LogP contribution in [0.25, 0.3) is 0 Å². The van der Waals surface area contributed by atoms with Gasteiger partial charge in [0, 0.05) is 39.5 Å². The van der Waals surface area contributed by atoms with Crippen molar-refractivity contribution < 1.29 is 14.2 Å². The lowest BCUT2D eigenvalue weighted by Gasteiger charge is -2.35. The molecule has 0 N–H and O–H groups in total. The van der Waals surface area contributed by atoms with Crippen LogP contribution in [-0.4, -0.2) is 58.2 Å². The molecule has 2 atom stereocenters. The summed E-state index contributed by atoms with van der Waals surface area (Å²) < 4.78 is 19.7. The number of aromatic nitrogens is 3. The Morgan fingerprint density at radius 1 is 1.27 bits per heavy atom. The molecule has 0 unspecified atom stereocenters. The van der Waals surface area contributed by atoms with Crippen molar-refractivity contribution in [3.63, 3.8) is 0 Å². The molecule has 0 spiro atoms. The second-order valence-electron chi connectivity index (χ2n) is 6.98. The Balaban J connectivity index is 1.48. The molecule has 0 aliphatic carbocycles. The van der Waals surface area contributed by atoms with E-state index in [2.05, 4.69) is 15.0 Å². The molecule has 2 aromatic heterocycles. The molecular weight excluding hydrogens is 332 g/mol. The second kappa shape index (κ2) is 7.73. The molecule has 7 heteroatoms. The number of rotatable bonds is 5. The average Bonchev–Trinajstić information content (AvgIpc) is 3.28. The van der Waals surface area contributed by atoms with Crippen LogP contribution < -0.4 is 4.74 Å². The number of pyridine rings is 1. The molecule has 2 aromatic rings. The average molecular weight is 358 g/mol. The Bertz CT molecular complexity index is 728. The van der Waals surface area contributed by atoms with E-state index in [0.717, 1.165) is 68.6 Å². The topological polar surface area (TPSA) is 61.6 Å². The van der Waals surface area contributed by atoms with E-state index in [1.165, 1.54) is 0 Å². The standard InChI is InChI=1S/C19H26N4O3/c1-14-16(19(22(2)21-14)26-15-5-3-7-20-11-15)12-23-8-10-25-18(13-23)17-6-4-9-24-17/h3,5,7,11,17-18H,4,6,8-10,12-13H2,1-2H3/t17-,18+/m0/s1. The summed E-state index contributed by atoms with van der Waals surface area (Å²) in [7, 11) is 1.91. The summed E-state index contributed by atoms with van der Waals surface area (Å²) in [6, 6.07) is 3.77. The first-order valence-corrected chi connectivity index (χ1v) is 9.26. The summed E-state index contributed by atoms with van der Waals surface area (Å²) in [6.45, 7) is 6.21. The van der Waals surface area contributed by atoms with Gasteiger partial charge in [-0.25, -0.2) is 4.68 Å². The van der Waals surface area contributed by atoms with Crippen LogP contribution in [0.15, 0.2) is 24.5 Å². The molecule has 2 saturated heterocycles. The van der Waals surface area contributed by atoms with Crippen molar-refractivity contribution in [1.82, 2.24) is 19.7 Å². The van der Waals surface area contributed by atoms with E-state index in [-0.39, 0.29) is 12.2 Å². The highest BCUT2D eigenvalue weighted by molar-refractivity contribution is 5.34. The van der Waals surface area contributed by atoms with Gasteiger partial charge in [0.15, 0.2) is 0 Å². The van der Waals surface area contributed by atoms with Gasteiger partial charge >= 0.3 is 0 Å². The normalized spacial score (nSPS) is 24.1. The summed E-state index contributed by atoms with van der Waals surface area (Å²) in [5.41, 5.74) is 2.11. The molecule has 140 valence electrons. The second-order valence-corrected chi connectivity index (χ2v) is 6.98. The molecule has 0 radical (unpaired) electrons. The maximum Gasteiger partial charge on any atom is 0.222 e. The maximum absolute atomic E-state index is 6.08. The van der Waals surface area contributed by atoms with E-state index in [1.807, 2.05) is 26.1 Å². The predicted molar refractivity (Wildman–Crippen MR) is 96.2 cm³/mol. The van der Waals surface area contributed by atoms with Gasteiger partial charge < -0.3 is 14.2 Å². The Labute approximate surface area is 153 Å². The SMILES string of the molecule is Cc1nn(C)c(Oc2cccnc2)c1CN1CCO[C@@H]([C@@H]2CCCO2)C1. The van der Waals surface area contributed by atoms with Crippen LogP contribution in [0.3, 0.4) is 0 Å². The quantitative estimate of drug-likeness (QED) is 0.817. The monoisotopic (exact) mass is 358 g/mol. The van der Waals surface area contributed by atoms with Gasteiger partial charge in [0.1, 0.15) is 5.75 Å². The van der Waals surface area contributed by atoms with E-state index in [0.29, 0.717) is 0 Å². The van der Waals surface area contributed by atoms with Gasteiger partial charge in [0.2, 0.25) is 5.88 Å². The molecule has 2 fully saturated rings. The Morgan fingerprint density at radius 2 is 2.15 bits per heavy atom. The largest absolute Gasteiger partial charge is 0.437 e. The van der Waals surface area contributed by atoms with Crippen molar-refractivity contribution >= 4 is 0 Å². The summed E-state index contributed by atoms with van der Waals surface area (Å²) in [4.78, 5) is 6.53. The first-order valence-electron chi connectivity index (χ1n) is 9.26. The van der Waals surface area contributed by atoms with Crippen molar-refractivity contribution in [2.45, 2.75) is 38.5 Å². The molecule has 4 rings (SSSR count). The highest BCUT2D eigenvalue weighted by Crippen LogP contribution is 2.29. The highest BCUT2D eigenvalue weighted by atomic mass is 16.5. The third kappa shape index (κ3) is 3.75. The van der Waals surface area contributed by atoms with E-state index in [9.17, 15) is 0 Å². The van der Waals surface area contributed by atoms with Crippen LogP contribution in [0.2, 0.25) is 0 Å². The zero-order valence-corrected chi connectivity index (χ0v) is 15.4. The molecule has 4 heterocycles. The minimum absolute atomic E-state index is 0.158. The van der Waals surface area contributed by atoms with Crippen LogP contribution in [0.5, 0.6) is 11.6 Å². The number of nitrogens with zero attached hydrogens (tertiary/aromatic N) is 4. The highest BCUT2D eigenvalue weighted by Gasteiger charge is 2.32. The van der Waals surface area contributed by atoms with E-state index in [1.54, 1.807) is 17.1 Å². The van der Waals surface area contributed by atoms with Gasteiger partial charge in [-0.1, -0.05) is 0 Å². The summed E-state index contributed by atoms with van der Waals surface area (Å²) in [6.07, 6.45) is 6.08. The van der Waals surface area contributed by atoms with Crippen LogP contribution in [0.4, 0.5) is 0 Å². The van der Waals surface area contributed by atoms with Crippen molar-refractivity contribution in [1.29, 1.82) is 0 Å². The lowest BCUT2D eigenvalue weighted by Crippen LogP contribution is -2.47. The summed E-state index contributed by atoms with van der Waals surface area (Å²) >= 11 is 0. The fourth-order valence-electron chi connectivity index (χ4n) is 3.73. The molecule has 0 aromatic carbocycles. The lowest BCUT2D eigenvalue weighted by atomic mass is 10.1. The number of hydrogen-bond donors (Lipinski definition) is 0. The molecule has 26 heavy (non-hydrogen) atoms. The van der Waals surface area contributed by atoms with Crippen LogP contribution in [0, 0.1) is 6.92 Å². The van der Waals surface area contributed by atoms with Gasteiger partial charge in [0.05, 0.1) is 36.3 Å². The lowest BCUT2D eigenvalue weighted by molar-refractivity contribution is -0.0960. The third-order valence-electron chi connectivity index (χ3n) is 5.08. The molecule has 0 saturated carbocycles. The molecule has 0 amide bonds. The maximum atomic E-state index is 6.08. The fourth-order valence-corrected chi connectivity index (χ4v) is 3.73. The van der Waals surface area contributed by atoms with Gasteiger partial charge in [-0.3, -0.25) is 9.88 Å². The Morgan fingerprint density at radius 3 is 2.92 bits per heavy atom. The van der Waals surface area contributed by atoms with E-state index in [4.69, 9.17) is 14.2 Å². The van der Waals surface area contributed by atoms with Crippen molar-refractivity contribution in [3.8, 4) is 11.6 Å². The van der Waals surface area contributed by atoms with Crippen molar-refractivity contribution in [2.24, 2.45) is 7.05 Å². The van der Waals surface area contributed by atoms with E-state index >= 15 is 0 Å². The van der Waals surface area contributed by atoms with Gasteiger partial charge in [0.25, 0.3) is 0 Å². The summed E-state index contributed by atoms with van der Waals surface area (Å²) in [5.74, 6) is 1.49. The summed E-state index contributed by atoms with van der Waals surface area (Å²) in [5, 5.41) is 4.56. The first-order chi connectivity index (χ1) is 12.7. The smallest absolute Gasteiger partial charge is 0.222 e. The van der Waals surface area contributed by atoms with Gasteiger partial charge in [-0.15, -0.1) is 0 Å². The third-order valence-corrected chi connectivity index (χ3v) is 5.08. The molecule has 2 aliphatic rings. The molecular formula is C19H26N4O3. The van der Waals surface area contributed by atoms with Crippen LogP contribution >= 0.6 is 0 Å². The van der Waals surface area contributed by atoms with Gasteiger partial charge in [-0.2, -0.15) is 5.10 Å². The molecule has 0 bridgehead atoms. The van der Waals surface area contributed by atoms with Crippen molar-refractivity contribution in [3.05, 3.63) is 35.8 Å². The van der Waals surface area contributed by atoms with Crippen LogP contribution in [0.1, 0.15) is 24.1 Å². The fraction of sp³-hybridized carbons (Fsp3) is 0.579. The molecule has 2 aliphatic heterocycles. The minimum atomic E-state index is 0.158. The van der Waals surface area contributed by atoms with Crippen LogP contribution in [-0.2, 0) is 23.1 Å².